The van der Waals surface area contributed by atoms with Gasteiger partial charge in [0, 0.05) is 13.0 Å². The average Bonchev–Trinajstić information content (AvgIpc) is 3.21. The Hall–Kier alpha value is -2.90. The summed E-state index contributed by atoms with van der Waals surface area (Å²) in [6, 6.07) is 8.42. The van der Waals surface area contributed by atoms with E-state index in [0.717, 1.165) is 32.1 Å². The minimum absolute atomic E-state index is 0.115. The van der Waals surface area contributed by atoms with E-state index in [0.29, 0.717) is 25.1 Å². The van der Waals surface area contributed by atoms with Gasteiger partial charge in [0.25, 0.3) is 5.91 Å². The van der Waals surface area contributed by atoms with Crippen molar-refractivity contribution in [3.63, 3.8) is 0 Å². The van der Waals surface area contributed by atoms with E-state index in [9.17, 15) is 14.4 Å². The maximum atomic E-state index is 13.1. The van der Waals surface area contributed by atoms with E-state index in [1.165, 1.54) is 5.01 Å². The number of para-hydroxylation sites is 1. The minimum atomic E-state index is -0.923. The summed E-state index contributed by atoms with van der Waals surface area (Å²) in [6.45, 7) is 2.66. The normalized spacial score (nSPS) is 20.4. The molecule has 4 N–H and O–H groups in total. The topological polar surface area (TPSA) is 117 Å². The Balaban J connectivity index is 1.78. The summed E-state index contributed by atoms with van der Waals surface area (Å²) in [7, 11) is 0. The van der Waals surface area contributed by atoms with Gasteiger partial charge in [0.1, 0.15) is 17.3 Å². The number of hydrazone groups is 1. The number of nitrogens with two attached hydrogens (primary N) is 1. The summed E-state index contributed by atoms with van der Waals surface area (Å²) in [4.78, 5) is 38.0. The fourth-order valence-electron chi connectivity index (χ4n) is 4.09. The van der Waals surface area contributed by atoms with Crippen molar-refractivity contribution in [3.8, 4) is 0 Å². The molecule has 8 heteroatoms. The maximum Gasteiger partial charge on any atom is 0.268 e. The van der Waals surface area contributed by atoms with Crippen molar-refractivity contribution < 1.29 is 14.4 Å². The Morgan fingerprint density at radius 1 is 1.17 bits per heavy atom. The number of nitrogens with one attached hydrogen (secondary N) is 2. The molecule has 0 spiro atoms. The Kier molecular flexibility index (Phi) is 7.07. The molecule has 0 radical (unpaired) electrons. The van der Waals surface area contributed by atoms with Crippen LogP contribution in [0.1, 0.15) is 58.3 Å². The first-order valence-electron chi connectivity index (χ1n) is 10.8. The van der Waals surface area contributed by atoms with Crippen LogP contribution in [0.15, 0.2) is 35.4 Å². The van der Waals surface area contributed by atoms with Gasteiger partial charge < -0.3 is 16.4 Å². The number of anilines is 1. The predicted molar refractivity (Wildman–Crippen MR) is 116 cm³/mol. The summed E-state index contributed by atoms with van der Waals surface area (Å²) in [5.41, 5.74) is 5.55. The number of nitrogens with zero attached hydrogens (tertiary/aromatic N) is 2. The van der Waals surface area contributed by atoms with Gasteiger partial charge in [-0.3, -0.25) is 19.4 Å². The third kappa shape index (κ3) is 4.80. The van der Waals surface area contributed by atoms with Crippen molar-refractivity contribution in [1.82, 2.24) is 10.6 Å². The largest absolute Gasteiger partial charge is 0.368 e. The van der Waals surface area contributed by atoms with E-state index in [2.05, 4.69) is 22.7 Å². The van der Waals surface area contributed by atoms with Crippen molar-refractivity contribution in [2.24, 2.45) is 10.8 Å². The van der Waals surface area contributed by atoms with Crippen LogP contribution in [0.2, 0.25) is 0 Å². The molecular weight excluding hydrogens is 382 g/mol. The first-order chi connectivity index (χ1) is 14.5. The molecule has 8 nitrogen and oxygen atoms in total. The van der Waals surface area contributed by atoms with E-state index >= 15 is 0 Å². The monoisotopic (exact) mass is 413 g/mol. The Labute approximate surface area is 177 Å². The van der Waals surface area contributed by atoms with Gasteiger partial charge >= 0.3 is 0 Å². The van der Waals surface area contributed by atoms with Crippen LogP contribution in [0.25, 0.3) is 0 Å². The molecule has 1 atom stereocenters. The standard InChI is InChI=1S/C22H31N5O3/c1-2-3-14-24-21(30)22(12-8-5-9-13-22)25-20(29)17-15-18(19(23)28)27(26-17)16-10-6-4-7-11-16/h4,6-7,10-11,18H,2-3,5,8-9,12-15H2,1H3,(H2,23,28)(H,24,30)(H,25,29). The van der Waals surface area contributed by atoms with Gasteiger partial charge in [-0.05, 0) is 31.4 Å². The highest BCUT2D eigenvalue weighted by Gasteiger charge is 2.43. The number of hydrogen-bond donors (Lipinski definition) is 3. The number of rotatable bonds is 8. The summed E-state index contributed by atoms with van der Waals surface area (Å²) in [5.74, 6) is -1.09. The molecule has 3 rings (SSSR count). The molecule has 2 aliphatic rings. The minimum Gasteiger partial charge on any atom is -0.368 e. The molecule has 0 bridgehead atoms. The summed E-state index contributed by atoms with van der Waals surface area (Å²) in [5, 5.41) is 11.8. The summed E-state index contributed by atoms with van der Waals surface area (Å²) >= 11 is 0. The molecule has 1 heterocycles. The molecule has 1 aromatic rings. The van der Waals surface area contributed by atoms with Gasteiger partial charge in [-0.25, -0.2) is 0 Å². The van der Waals surface area contributed by atoms with Gasteiger partial charge in [0.15, 0.2) is 0 Å². The maximum absolute atomic E-state index is 13.1. The van der Waals surface area contributed by atoms with Gasteiger partial charge in [-0.2, -0.15) is 5.10 Å². The molecule has 1 fully saturated rings. The number of carbonyl (C=O) groups excluding carboxylic acids is 3. The lowest BCUT2D eigenvalue weighted by atomic mass is 9.80. The zero-order valence-electron chi connectivity index (χ0n) is 17.5. The summed E-state index contributed by atoms with van der Waals surface area (Å²) < 4.78 is 0. The van der Waals surface area contributed by atoms with Gasteiger partial charge in [0.2, 0.25) is 11.8 Å². The fraction of sp³-hybridized carbons (Fsp3) is 0.545. The molecule has 162 valence electrons. The molecule has 1 aliphatic heterocycles. The Morgan fingerprint density at radius 2 is 1.87 bits per heavy atom. The smallest absolute Gasteiger partial charge is 0.268 e. The van der Waals surface area contributed by atoms with Crippen molar-refractivity contribution >= 4 is 29.1 Å². The number of primary amides is 1. The Morgan fingerprint density at radius 3 is 2.50 bits per heavy atom. The third-order valence-electron chi connectivity index (χ3n) is 5.83. The number of amides is 3. The second-order valence-electron chi connectivity index (χ2n) is 8.06. The number of hydrogen-bond acceptors (Lipinski definition) is 5. The second kappa shape index (κ2) is 9.73. The highest BCUT2D eigenvalue weighted by molar-refractivity contribution is 6.40. The van der Waals surface area contributed by atoms with Crippen LogP contribution in [-0.2, 0) is 14.4 Å². The van der Waals surface area contributed by atoms with Crippen LogP contribution in [0.4, 0.5) is 5.69 Å². The van der Waals surface area contributed by atoms with E-state index in [1.807, 2.05) is 30.3 Å². The van der Waals surface area contributed by atoms with Gasteiger partial charge in [-0.1, -0.05) is 50.8 Å². The molecule has 1 aliphatic carbocycles. The second-order valence-corrected chi connectivity index (χ2v) is 8.06. The van der Waals surface area contributed by atoms with Crippen LogP contribution < -0.4 is 21.4 Å². The van der Waals surface area contributed by atoms with Crippen LogP contribution in [-0.4, -0.2) is 41.6 Å². The zero-order chi connectivity index (χ0) is 21.6. The molecule has 30 heavy (non-hydrogen) atoms. The first kappa shape index (κ1) is 21.8. The van der Waals surface area contributed by atoms with Crippen molar-refractivity contribution in [3.05, 3.63) is 30.3 Å². The summed E-state index contributed by atoms with van der Waals surface area (Å²) in [6.07, 6.45) is 6.02. The van der Waals surface area contributed by atoms with E-state index < -0.39 is 23.4 Å². The Bertz CT molecular complexity index is 802. The van der Waals surface area contributed by atoms with Crippen LogP contribution in [0.5, 0.6) is 0 Å². The quantitative estimate of drug-likeness (QED) is 0.564. The van der Waals surface area contributed by atoms with E-state index in [-0.39, 0.29) is 18.0 Å². The van der Waals surface area contributed by atoms with Crippen LogP contribution >= 0.6 is 0 Å². The highest BCUT2D eigenvalue weighted by atomic mass is 16.2. The lowest BCUT2D eigenvalue weighted by molar-refractivity contribution is -0.133. The number of benzene rings is 1. The third-order valence-corrected chi connectivity index (χ3v) is 5.83. The molecule has 0 aromatic heterocycles. The molecule has 3 amide bonds. The van der Waals surface area contributed by atoms with Gasteiger partial charge in [-0.15, -0.1) is 0 Å². The fourth-order valence-corrected chi connectivity index (χ4v) is 4.09. The molecule has 1 unspecified atom stereocenters. The SMILES string of the molecule is CCCCNC(=O)C1(NC(=O)C2=NN(c3ccccc3)C(C(N)=O)C2)CCCCC1. The van der Waals surface area contributed by atoms with Crippen LogP contribution in [0, 0.1) is 0 Å². The van der Waals surface area contributed by atoms with Crippen molar-refractivity contribution in [2.75, 3.05) is 11.6 Å². The van der Waals surface area contributed by atoms with Crippen molar-refractivity contribution in [2.45, 2.75) is 69.9 Å². The molecule has 0 saturated heterocycles. The average molecular weight is 414 g/mol. The zero-order valence-corrected chi connectivity index (χ0v) is 17.5. The first-order valence-corrected chi connectivity index (χ1v) is 10.8. The molecule has 1 aromatic carbocycles. The number of unbranched alkanes of at least 4 members (excludes halogenated alkanes) is 1. The van der Waals surface area contributed by atoms with Crippen molar-refractivity contribution in [1.29, 1.82) is 0 Å². The van der Waals surface area contributed by atoms with Gasteiger partial charge in [0.05, 0.1) is 5.69 Å². The van der Waals surface area contributed by atoms with E-state index in [1.54, 1.807) is 0 Å². The number of carbonyl (C=O) groups is 3. The lowest BCUT2D eigenvalue weighted by Gasteiger charge is -2.36. The highest BCUT2D eigenvalue weighted by Crippen LogP contribution is 2.30. The molecule has 1 saturated carbocycles. The predicted octanol–water partition coefficient (Wildman–Crippen LogP) is 1.84. The van der Waals surface area contributed by atoms with Crippen LogP contribution in [0.3, 0.4) is 0 Å². The lowest BCUT2D eigenvalue weighted by Crippen LogP contribution is -2.61. The molecular formula is C22H31N5O3. The van der Waals surface area contributed by atoms with E-state index in [4.69, 9.17) is 5.73 Å².